The number of azide groups is 1. The number of nitrogens with zero attached hydrogens (tertiary/aromatic N) is 3. The molecule has 0 aromatic rings. The van der Waals surface area contributed by atoms with Crippen molar-refractivity contribution < 1.29 is 9.22 Å². The fraction of sp³-hybridized carbons (Fsp3) is 0.875. The first-order chi connectivity index (χ1) is 6.20. The van der Waals surface area contributed by atoms with Crippen molar-refractivity contribution in [2.75, 3.05) is 6.61 Å². The van der Waals surface area contributed by atoms with Crippen LogP contribution in [0.3, 0.4) is 0 Å². The highest BCUT2D eigenvalue weighted by Gasteiger charge is 2.37. The fourth-order valence-electron chi connectivity index (χ4n) is 0.537. The van der Waals surface area contributed by atoms with Gasteiger partial charge in [-0.15, -0.1) is 0 Å². The predicted molar refractivity (Wildman–Crippen MR) is 57.3 cm³/mol. The first-order valence-electron chi connectivity index (χ1n) is 4.42. The third-order valence-corrected chi connectivity index (χ3v) is 7.00. The zero-order chi connectivity index (χ0) is 11.4. The molecule has 5 nitrogen and oxygen atoms in total. The first kappa shape index (κ1) is 13.2. The number of rotatable bonds is 3. The molecule has 0 aliphatic carbocycles. The third-order valence-electron chi connectivity index (χ3n) is 2.52. The van der Waals surface area contributed by atoms with Crippen LogP contribution >= 0.6 is 0 Å². The van der Waals surface area contributed by atoms with Crippen LogP contribution in [0.2, 0.25) is 18.1 Å². The van der Waals surface area contributed by atoms with Crippen molar-refractivity contribution in [1.82, 2.24) is 0 Å². The van der Waals surface area contributed by atoms with Crippen LogP contribution in [-0.2, 0) is 9.22 Å². The molecule has 0 N–H and O–H groups in total. The summed E-state index contributed by atoms with van der Waals surface area (Å²) in [7, 11) is -1.90. The molecule has 0 aromatic carbocycles. The van der Waals surface area contributed by atoms with E-state index in [-0.39, 0.29) is 11.6 Å². The normalized spacial score (nSPS) is 12.1. The second-order valence-corrected chi connectivity index (χ2v) is 9.44. The Morgan fingerprint density at radius 2 is 2.00 bits per heavy atom. The summed E-state index contributed by atoms with van der Waals surface area (Å²) in [6.07, 6.45) is 0. The average molecular weight is 215 g/mol. The quantitative estimate of drug-likeness (QED) is 0.314. The van der Waals surface area contributed by atoms with Crippen molar-refractivity contribution in [2.24, 2.45) is 5.11 Å². The molecule has 6 heteroatoms. The number of carbonyl (C=O) groups is 1. The molecular formula is C8H17N3O2Si. The lowest BCUT2D eigenvalue weighted by Gasteiger charge is -2.35. The van der Waals surface area contributed by atoms with Crippen LogP contribution in [0.1, 0.15) is 20.8 Å². The number of hydrogen-bond acceptors (Lipinski definition) is 2. The van der Waals surface area contributed by atoms with Crippen LogP contribution in [0.25, 0.3) is 10.4 Å². The minimum Gasteiger partial charge on any atom is -0.409 e. The van der Waals surface area contributed by atoms with Crippen LogP contribution in [-0.4, -0.2) is 20.8 Å². The van der Waals surface area contributed by atoms with Gasteiger partial charge in [-0.3, -0.25) is 4.79 Å². The largest absolute Gasteiger partial charge is 0.409 e. The van der Waals surface area contributed by atoms with Gasteiger partial charge in [0.05, 0.1) is 6.61 Å². The van der Waals surface area contributed by atoms with Crippen LogP contribution in [0.5, 0.6) is 0 Å². The Bertz CT molecular complexity index is 264. The van der Waals surface area contributed by atoms with Crippen LogP contribution < -0.4 is 0 Å². The Morgan fingerprint density at radius 1 is 1.50 bits per heavy atom. The summed E-state index contributed by atoms with van der Waals surface area (Å²) < 4.78 is 5.53. The summed E-state index contributed by atoms with van der Waals surface area (Å²) >= 11 is 0. The summed E-state index contributed by atoms with van der Waals surface area (Å²) in [4.78, 5) is 13.3. The van der Waals surface area contributed by atoms with Gasteiger partial charge in [0.25, 0.3) is 0 Å². The van der Waals surface area contributed by atoms with E-state index in [2.05, 4.69) is 30.8 Å². The Kier molecular flexibility index (Phi) is 4.31. The van der Waals surface area contributed by atoms with Gasteiger partial charge in [0, 0.05) is 4.91 Å². The molecule has 0 rings (SSSR count). The molecule has 1 amide bonds. The smallest absolute Gasteiger partial charge is 0.243 e. The zero-order valence-electron chi connectivity index (χ0n) is 9.37. The molecule has 0 aliphatic rings. The Morgan fingerprint density at radius 3 is 2.36 bits per heavy atom. The van der Waals surface area contributed by atoms with Crippen LogP contribution in [0.15, 0.2) is 5.11 Å². The van der Waals surface area contributed by atoms with Crippen molar-refractivity contribution in [3.63, 3.8) is 0 Å². The molecule has 80 valence electrons. The second-order valence-electron chi connectivity index (χ2n) is 4.63. The molecule has 0 spiro atoms. The van der Waals surface area contributed by atoms with E-state index in [1.54, 1.807) is 0 Å². The molecule has 0 bridgehead atoms. The molecule has 0 atom stereocenters. The number of amides is 1. The lowest BCUT2D eigenvalue weighted by molar-refractivity contribution is -0.120. The highest BCUT2D eigenvalue weighted by atomic mass is 28.4. The van der Waals surface area contributed by atoms with Crippen molar-refractivity contribution in [3.8, 4) is 0 Å². The van der Waals surface area contributed by atoms with E-state index in [1.165, 1.54) is 0 Å². The average Bonchev–Trinajstić information content (AvgIpc) is 1.99. The molecular weight excluding hydrogens is 198 g/mol. The number of carbonyl (C=O) groups excluding carboxylic acids is 1. The third kappa shape index (κ3) is 3.91. The summed E-state index contributed by atoms with van der Waals surface area (Å²) in [5.74, 6) is -0.558. The van der Waals surface area contributed by atoms with Crippen molar-refractivity contribution in [1.29, 1.82) is 0 Å². The van der Waals surface area contributed by atoms with Gasteiger partial charge in [-0.1, -0.05) is 20.8 Å². The van der Waals surface area contributed by atoms with Gasteiger partial charge in [0.2, 0.25) is 5.91 Å². The molecule has 0 aliphatic heterocycles. The molecule has 0 saturated heterocycles. The summed E-state index contributed by atoms with van der Waals surface area (Å²) in [6, 6.07) is 0. The SMILES string of the molecule is CC(C)(C)[Si](C)(C)OCC(=O)N=[N+]=[N-]. The molecule has 0 fully saturated rings. The van der Waals surface area contributed by atoms with Crippen LogP contribution in [0, 0.1) is 0 Å². The minimum absolute atomic E-state index is 0.0592. The van der Waals surface area contributed by atoms with Gasteiger partial charge < -0.3 is 4.43 Å². The highest BCUT2D eigenvalue weighted by molar-refractivity contribution is 6.74. The predicted octanol–water partition coefficient (Wildman–Crippen LogP) is 2.85. The van der Waals surface area contributed by atoms with Gasteiger partial charge in [0.1, 0.15) is 0 Å². The molecule has 0 aromatic heterocycles. The van der Waals surface area contributed by atoms with E-state index in [9.17, 15) is 4.79 Å². The van der Waals surface area contributed by atoms with Gasteiger partial charge in [-0.2, -0.15) is 0 Å². The first-order valence-corrected chi connectivity index (χ1v) is 7.33. The maximum Gasteiger partial charge on any atom is 0.243 e. The lowest BCUT2D eigenvalue weighted by atomic mass is 10.2. The van der Waals surface area contributed by atoms with E-state index < -0.39 is 14.2 Å². The zero-order valence-corrected chi connectivity index (χ0v) is 10.4. The summed E-state index contributed by atoms with van der Waals surface area (Å²) in [6.45, 7) is 10.2. The minimum atomic E-state index is -1.90. The van der Waals surface area contributed by atoms with E-state index >= 15 is 0 Å². The monoisotopic (exact) mass is 215 g/mol. The maximum absolute atomic E-state index is 10.9. The van der Waals surface area contributed by atoms with Gasteiger partial charge in [-0.25, -0.2) is 0 Å². The lowest BCUT2D eigenvalue weighted by Crippen LogP contribution is -2.41. The molecule has 0 heterocycles. The second kappa shape index (κ2) is 4.59. The number of hydrogen-bond donors (Lipinski definition) is 0. The Hall–Kier alpha value is -0.843. The van der Waals surface area contributed by atoms with E-state index in [4.69, 9.17) is 9.96 Å². The highest BCUT2D eigenvalue weighted by Crippen LogP contribution is 2.36. The summed E-state index contributed by atoms with van der Waals surface area (Å²) in [5.41, 5.74) is 8.02. The van der Waals surface area contributed by atoms with E-state index in [0.717, 1.165) is 0 Å². The van der Waals surface area contributed by atoms with Crippen molar-refractivity contribution in [3.05, 3.63) is 10.4 Å². The van der Waals surface area contributed by atoms with Crippen molar-refractivity contribution >= 4 is 14.2 Å². The van der Waals surface area contributed by atoms with E-state index in [0.29, 0.717) is 0 Å². The molecule has 0 saturated carbocycles. The van der Waals surface area contributed by atoms with Gasteiger partial charge in [-0.05, 0) is 28.8 Å². The van der Waals surface area contributed by atoms with Gasteiger partial charge >= 0.3 is 0 Å². The fourth-order valence-corrected chi connectivity index (χ4v) is 1.45. The standard InChI is InChI=1S/C8H17N3O2Si/c1-8(2,3)14(4,5)13-6-7(12)10-11-9/h6H2,1-5H3. The van der Waals surface area contributed by atoms with Crippen LogP contribution in [0.4, 0.5) is 0 Å². The summed E-state index contributed by atoms with van der Waals surface area (Å²) in [5, 5.41) is 3.01. The maximum atomic E-state index is 10.9. The van der Waals surface area contributed by atoms with Crippen molar-refractivity contribution in [2.45, 2.75) is 38.9 Å². The topological polar surface area (TPSA) is 75.1 Å². The van der Waals surface area contributed by atoms with E-state index in [1.807, 2.05) is 13.1 Å². The Labute approximate surface area is 85.2 Å². The molecule has 0 radical (unpaired) electrons. The Balaban J connectivity index is 4.26. The molecule has 0 unspecified atom stereocenters. The molecule has 14 heavy (non-hydrogen) atoms. The van der Waals surface area contributed by atoms with Gasteiger partial charge in [0.15, 0.2) is 8.32 Å².